The van der Waals surface area contributed by atoms with Gasteiger partial charge in [0.15, 0.2) is 0 Å². The van der Waals surface area contributed by atoms with E-state index >= 15 is 0 Å². The smallest absolute Gasteiger partial charge is 0.326 e. The van der Waals surface area contributed by atoms with Crippen molar-refractivity contribution in [3.8, 4) is 0 Å². The van der Waals surface area contributed by atoms with Gasteiger partial charge in [-0.05, 0) is 0 Å². The number of aliphatic hydroxyl groups is 1. The van der Waals surface area contributed by atoms with Gasteiger partial charge in [-0.2, -0.15) is 0 Å². The molecule has 3 N–H and O–H groups in total. The molecule has 2 heterocycles. The second-order valence-corrected chi connectivity index (χ2v) is 5.08. The number of aliphatic hydroxyl groups excluding tert-OH is 1. The van der Waals surface area contributed by atoms with Gasteiger partial charge in [0, 0.05) is 31.3 Å². The minimum atomic E-state index is -1.09. The fourth-order valence-electron chi connectivity index (χ4n) is 2.03. The Morgan fingerprint density at radius 1 is 1.58 bits per heavy atom. The van der Waals surface area contributed by atoms with Crippen LogP contribution in [0.2, 0.25) is 0 Å². The quantitative estimate of drug-likeness (QED) is 0.717. The second kappa shape index (κ2) is 5.98. The van der Waals surface area contributed by atoms with Crippen LogP contribution in [0.25, 0.3) is 0 Å². The lowest BCUT2D eigenvalue weighted by Gasteiger charge is -2.21. The number of amides is 2. The minimum Gasteiger partial charge on any atom is -0.480 e. The first-order valence-electron chi connectivity index (χ1n) is 5.90. The van der Waals surface area contributed by atoms with Gasteiger partial charge < -0.3 is 20.4 Å². The van der Waals surface area contributed by atoms with E-state index in [4.69, 9.17) is 5.11 Å². The summed E-state index contributed by atoms with van der Waals surface area (Å²) in [4.78, 5) is 28.1. The molecule has 1 aliphatic rings. The summed E-state index contributed by atoms with van der Waals surface area (Å²) in [7, 11) is 0. The number of thiazole rings is 1. The molecule has 0 radical (unpaired) electrons. The summed E-state index contributed by atoms with van der Waals surface area (Å²) in [5.41, 5.74) is 2.61. The van der Waals surface area contributed by atoms with Crippen molar-refractivity contribution < 1.29 is 19.8 Å². The maximum absolute atomic E-state index is 11.9. The summed E-state index contributed by atoms with van der Waals surface area (Å²) in [5, 5.41) is 23.0. The number of carboxylic acids is 1. The number of aliphatic carboxylic acids is 1. The molecule has 0 aromatic carbocycles. The van der Waals surface area contributed by atoms with E-state index in [0.717, 1.165) is 10.6 Å². The molecule has 2 atom stereocenters. The number of β-amino-alcohol motifs (C(OH)–C–C–N with tert-alkyl or cyclic N) is 1. The zero-order chi connectivity index (χ0) is 13.8. The lowest BCUT2D eigenvalue weighted by molar-refractivity contribution is -0.141. The number of hydrogen-bond donors (Lipinski definition) is 3. The van der Waals surface area contributed by atoms with Gasteiger partial charge in [-0.15, -0.1) is 11.3 Å². The third kappa shape index (κ3) is 3.42. The number of carbonyl (C=O) groups is 2. The van der Waals surface area contributed by atoms with Crippen molar-refractivity contribution in [3.05, 3.63) is 16.6 Å². The van der Waals surface area contributed by atoms with Gasteiger partial charge in [0.05, 0.1) is 17.3 Å². The SMILES string of the molecule is O=C(O)[C@@H]1CC(O)CN1C(=O)NCCc1cscn1. The zero-order valence-corrected chi connectivity index (χ0v) is 11.0. The predicted octanol–water partition coefficient (Wildman–Crippen LogP) is -0.0850. The highest BCUT2D eigenvalue weighted by Crippen LogP contribution is 2.18. The number of hydrogen-bond acceptors (Lipinski definition) is 5. The van der Waals surface area contributed by atoms with Gasteiger partial charge in [0.1, 0.15) is 6.04 Å². The first-order chi connectivity index (χ1) is 9.08. The summed E-state index contributed by atoms with van der Waals surface area (Å²) in [6, 6.07) is -1.41. The monoisotopic (exact) mass is 285 g/mol. The summed E-state index contributed by atoms with van der Waals surface area (Å²) < 4.78 is 0. The van der Waals surface area contributed by atoms with Crippen LogP contribution in [0.1, 0.15) is 12.1 Å². The van der Waals surface area contributed by atoms with Crippen LogP contribution >= 0.6 is 11.3 Å². The molecule has 1 aromatic rings. The Hall–Kier alpha value is -1.67. The molecule has 1 unspecified atom stereocenters. The number of carbonyl (C=O) groups excluding carboxylic acids is 1. The van der Waals surface area contributed by atoms with E-state index in [9.17, 15) is 14.7 Å². The maximum Gasteiger partial charge on any atom is 0.326 e. The van der Waals surface area contributed by atoms with Gasteiger partial charge in [0.25, 0.3) is 0 Å². The Bertz CT molecular complexity index is 451. The molecule has 7 nitrogen and oxygen atoms in total. The van der Waals surface area contributed by atoms with E-state index in [0.29, 0.717) is 13.0 Å². The fourth-order valence-corrected chi connectivity index (χ4v) is 2.63. The minimum absolute atomic E-state index is 0.0551. The average molecular weight is 285 g/mol. The second-order valence-electron chi connectivity index (χ2n) is 4.36. The van der Waals surface area contributed by atoms with Gasteiger partial charge in [-0.25, -0.2) is 14.6 Å². The van der Waals surface area contributed by atoms with Crippen LogP contribution < -0.4 is 5.32 Å². The number of nitrogens with zero attached hydrogens (tertiary/aromatic N) is 2. The Labute approximate surface area is 113 Å². The van der Waals surface area contributed by atoms with Crippen molar-refractivity contribution in [1.82, 2.24) is 15.2 Å². The van der Waals surface area contributed by atoms with Crippen molar-refractivity contribution in [1.29, 1.82) is 0 Å². The first kappa shape index (κ1) is 13.8. The van der Waals surface area contributed by atoms with E-state index in [1.54, 1.807) is 5.51 Å². The number of rotatable bonds is 4. The number of carboxylic acid groups (broad SMARTS) is 1. The number of nitrogens with one attached hydrogen (secondary N) is 1. The van der Waals surface area contributed by atoms with E-state index in [-0.39, 0.29) is 13.0 Å². The van der Waals surface area contributed by atoms with Crippen LogP contribution in [0.4, 0.5) is 4.79 Å². The summed E-state index contributed by atoms with van der Waals surface area (Å²) >= 11 is 1.48. The molecular formula is C11H15N3O4S. The van der Waals surface area contributed by atoms with Gasteiger partial charge in [-0.3, -0.25) is 0 Å². The molecule has 2 amide bonds. The van der Waals surface area contributed by atoms with Gasteiger partial charge in [-0.1, -0.05) is 0 Å². The molecule has 8 heteroatoms. The molecule has 1 aromatic heterocycles. The maximum atomic E-state index is 11.9. The van der Waals surface area contributed by atoms with E-state index in [1.807, 2.05) is 5.38 Å². The van der Waals surface area contributed by atoms with Crippen molar-refractivity contribution in [3.63, 3.8) is 0 Å². The Kier molecular flexibility index (Phi) is 4.33. The molecule has 104 valence electrons. The molecule has 1 saturated heterocycles. The third-order valence-corrected chi connectivity index (χ3v) is 3.60. The standard InChI is InChI=1S/C11H15N3O4S/c15-8-3-9(10(16)17)14(4-8)11(18)12-2-1-7-5-19-6-13-7/h5-6,8-9,15H,1-4H2,(H,12,18)(H,16,17)/t8?,9-/m0/s1. The fraction of sp³-hybridized carbons (Fsp3) is 0.545. The average Bonchev–Trinajstić information content (AvgIpc) is 2.98. The van der Waals surface area contributed by atoms with Crippen molar-refractivity contribution >= 4 is 23.3 Å². The Morgan fingerprint density at radius 3 is 3.00 bits per heavy atom. The van der Waals surface area contributed by atoms with Gasteiger partial charge in [0.2, 0.25) is 0 Å². The lowest BCUT2D eigenvalue weighted by atomic mass is 10.2. The molecule has 0 spiro atoms. The Balaban J connectivity index is 1.83. The molecule has 0 aliphatic carbocycles. The number of likely N-dealkylation sites (tertiary alicyclic amines) is 1. The highest BCUT2D eigenvalue weighted by Gasteiger charge is 2.38. The van der Waals surface area contributed by atoms with Crippen molar-refractivity contribution in [2.24, 2.45) is 0 Å². The molecule has 0 saturated carbocycles. The largest absolute Gasteiger partial charge is 0.480 e. The van der Waals surface area contributed by atoms with E-state index in [1.165, 1.54) is 11.3 Å². The highest BCUT2D eigenvalue weighted by molar-refractivity contribution is 7.07. The summed E-state index contributed by atoms with van der Waals surface area (Å²) in [6.45, 7) is 0.445. The molecule has 19 heavy (non-hydrogen) atoms. The van der Waals surface area contributed by atoms with Crippen molar-refractivity contribution in [2.45, 2.75) is 25.0 Å². The molecule has 1 aliphatic heterocycles. The highest BCUT2D eigenvalue weighted by atomic mass is 32.1. The van der Waals surface area contributed by atoms with E-state index < -0.39 is 24.1 Å². The lowest BCUT2D eigenvalue weighted by Crippen LogP contribution is -2.46. The van der Waals surface area contributed by atoms with Crippen LogP contribution in [-0.2, 0) is 11.2 Å². The Morgan fingerprint density at radius 2 is 2.37 bits per heavy atom. The molecular weight excluding hydrogens is 270 g/mol. The third-order valence-electron chi connectivity index (χ3n) is 2.97. The predicted molar refractivity (Wildman–Crippen MR) is 68.0 cm³/mol. The van der Waals surface area contributed by atoms with Crippen molar-refractivity contribution in [2.75, 3.05) is 13.1 Å². The summed E-state index contributed by atoms with van der Waals surface area (Å²) in [6.07, 6.45) is -0.0940. The number of aromatic nitrogens is 1. The summed E-state index contributed by atoms with van der Waals surface area (Å²) in [5.74, 6) is -1.09. The van der Waals surface area contributed by atoms with Crippen LogP contribution in [0, 0.1) is 0 Å². The topological polar surface area (TPSA) is 103 Å². The molecule has 1 fully saturated rings. The van der Waals surface area contributed by atoms with E-state index in [2.05, 4.69) is 10.3 Å². The van der Waals surface area contributed by atoms with Crippen LogP contribution in [0.5, 0.6) is 0 Å². The normalized spacial score (nSPS) is 22.5. The van der Waals surface area contributed by atoms with Crippen LogP contribution in [0.3, 0.4) is 0 Å². The molecule has 2 rings (SSSR count). The van der Waals surface area contributed by atoms with Crippen LogP contribution in [0.15, 0.2) is 10.9 Å². The zero-order valence-electron chi connectivity index (χ0n) is 10.2. The molecule has 0 bridgehead atoms. The first-order valence-corrected chi connectivity index (χ1v) is 6.84. The number of urea groups is 1. The van der Waals surface area contributed by atoms with Crippen LogP contribution in [-0.4, -0.2) is 57.3 Å². The van der Waals surface area contributed by atoms with Gasteiger partial charge >= 0.3 is 12.0 Å².